The highest BCUT2D eigenvalue weighted by molar-refractivity contribution is 5.85. The predicted octanol–water partition coefficient (Wildman–Crippen LogP) is -0.382. The van der Waals surface area contributed by atoms with Crippen LogP contribution in [0.4, 0.5) is 4.79 Å². The number of ether oxygens (including phenoxy) is 1. The quantitative estimate of drug-likeness (QED) is 0.602. The molecule has 6 heteroatoms. The monoisotopic (exact) mass is 218 g/mol. The van der Waals surface area contributed by atoms with E-state index in [4.69, 9.17) is 9.84 Å². The lowest BCUT2D eigenvalue weighted by Gasteiger charge is -2.22. The third-order valence-corrected chi connectivity index (χ3v) is 1.44. The maximum Gasteiger partial charge on any atom is 0.408 e. The Balaban J connectivity index is 4.20. The van der Waals surface area contributed by atoms with E-state index in [1.165, 1.54) is 7.05 Å². The minimum atomic E-state index is -0.982. The van der Waals surface area contributed by atoms with Gasteiger partial charge in [-0.15, -0.1) is 0 Å². The molecular weight excluding hydrogens is 200 g/mol. The second-order valence-electron chi connectivity index (χ2n) is 4.00. The van der Waals surface area contributed by atoms with Gasteiger partial charge in [-0.2, -0.15) is 0 Å². The lowest BCUT2D eigenvalue weighted by molar-refractivity contribution is -0.123. The Kier molecular flexibility index (Phi) is 5.07. The second-order valence-corrected chi connectivity index (χ2v) is 4.00. The summed E-state index contributed by atoms with van der Waals surface area (Å²) in [6.07, 6.45) is -0.731. The largest absolute Gasteiger partial charge is 0.444 e. The zero-order chi connectivity index (χ0) is 12.1. The van der Waals surface area contributed by atoms with Gasteiger partial charge in [-0.3, -0.25) is 4.79 Å². The summed E-state index contributed by atoms with van der Waals surface area (Å²) in [4.78, 5) is 22.3. The summed E-state index contributed by atoms with van der Waals surface area (Å²) in [7, 11) is 1.42. The van der Waals surface area contributed by atoms with Crippen molar-refractivity contribution in [3.05, 3.63) is 0 Å². The molecule has 1 atom stereocenters. The molecule has 0 radical (unpaired) electrons. The van der Waals surface area contributed by atoms with Crippen molar-refractivity contribution in [2.75, 3.05) is 13.7 Å². The number of aliphatic hydroxyl groups is 1. The predicted molar refractivity (Wildman–Crippen MR) is 54.3 cm³/mol. The average molecular weight is 218 g/mol. The topological polar surface area (TPSA) is 87.7 Å². The summed E-state index contributed by atoms with van der Waals surface area (Å²) in [5.74, 6) is -0.469. The molecule has 0 rings (SSSR count). The van der Waals surface area contributed by atoms with Crippen LogP contribution in [0.1, 0.15) is 20.8 Å². The minimum Gasteiger partial charge on any atom is -0.444 e. The lowest BCUT2D eigenvalue weighted by Crippen LogP contribution is -2.49. The zero-order valence-corrected chi connectivity index (χ0v) is 9.46. The van der Waals surface area contributed by atoms with Crippen LogP contribution in [0.25, 0.3) is 0 Å². The molecule has 0 saturated carbocycles. The van der Waals surface area contributed by atoms with Gasteiger partial charge in [0.2, 0.25) is 5.91 Å². The molecule has 0 aromatic carbocycles. The van der Waals surface area contributed by atoms with E-state index < -0.39 is 30.3 Å². The van der Waals surface area contributed by atoms with Gasteiger partial charge >= 0.3 is 6.09 Å². The summed E-state index contributed by atoms with van der Waals surface area (Å²) in [5, 5.41) is 13.4. The van der Waals surface area contributed by atoms with Gasteiger partial charge in [0, 0.05) is 7.05 Å². The number of amides is 2. The SMILES string of the molecule is CNC(=O)[C@@H](CO)NC(=O)OC(C)(C)C. The third kappa shape index (κ3) is 5.90. The number of alkyl carbamates (subject to hydrolysis) is 1. The number of rotatable bonds is 3. The number of likely N-dealkylation sites (N-methyl/N-ethyl adjacent to an activating group) is 1. The molecule has 0 unspecified atom stereocenters. The van der Waals surface area contributed by atoms with E-state index in [1.54, 1.807) is 20.8 Å². The normalized spacial score (nSPS) is 12.9. The van der Waals surface area contributed by atoms with Gasteiger partial charge in [-0.25, -0.2) is 4.79 Å². The highest BCUT2D eigenvalue weighted by Crippen LogP contribution is 2.06. The molecule has 3 N–H and O–H groups in total. The molecule has 6 nitrogen and oxygen atoms in total. The number of hydrogen-bond donors (Lipinski definition) is 3. The molecule has 2 amide bonds. The molecule has 0 heterocycles. The van der Waals surface area contributed by atoms with Crippen molar-refractivity contribution in [3.8, 4) is 0 Å². The van der Waals surface area contributed by atoms with Crippen LogP contribution in [0.3, 0.4) is 0 Å². The molecule has 0 aromatic heterocycles. The first-order valence-electron chi connectivity index (χ1n) is 4.62. The van der Waals surface area contributed by atoms with Gasteiger partial charge in [-0.1, -0.05) is 0 Å². The van der Waals surface area contributed by atoms with Crippen molar-refractivity contribution in [3.63, 3.8) is 0 Å². The summed E-state index contributed by atoms with van der Waals surface area (Å²) in [6.45, 7) is 4.65. The fraction of sp³-hybridized carbons (Fsp3) is 0.778. The molecule has 88 valence electrons. The first-order chi connectivity index (χ1) is 6.80. The Bertz CT molecular complexity index is 235. The number of aliphatic hydroxyl groups excluding tert-OH is 1. The van der Waals surface area contributed by atoms with Crippen LogP contribution in [0.5, 0.6) is 0 Å². The standard InChI is InChI=1S/C9H18N2O4/c1-9(2,3)15-8(14)11-6(5-12)7(13)10-4/h6,12H,5H2,1-4H3,(H,10,13)(H,11,14)/t6-/m1/s1. The molecule has 0 fully saturated rings. The Hall–Kier alpha value is -1.30. The number of carbonyl (C=O) groups excluding carboxylic acids is 2. The molecule has 0 aliphatic carbocycles. The summed E-state index contributed by atoms with van der Waals surface area (Å²) in [5.41, 5.74) is -0.632. The van der Waals surface area contributed by atoms with Gasteiger partial charge in [-0.05, 0) is 20.8 Å². The fourth-order valence-electron chi connectivity index (χ4n) is 0.818. The molecule has 15 heavy (non-hydrogen) atoms. The lowest BCUT2D eigenvalue weighted by atomic mass is 10.2. The molecule has 0 aliphatic rings. The first kappa shape index (κ1) is 13.7. The van der Waals surface area contributed by atoms with E-state index in [0.29, 0.717) is 0 Å². The van der Waals surface area contributed by atoms with Crippen molar-refractivity contribution in [1.82, 2.24) is 10.6 Å². The van der Waals surface area contributed by atoms with Crippen molar-refractivity contribution in [2.45, 2.75) is 32.4 Å². The Morgan fingerprint density at radius 3 is 2.27 bits per heavy atom. The van der Waals surface area contributed by atoms with E-state index in [1.807, 2.05) is 0 Å². The first-order valence-corrected chi connectivity index (χ1v) is 4.62. The molecule has 0 spiro atoms. The Labute approximate surface area is 89.0 Å². The van der Waals surface area contributed by atoms with E-state index in [2.05, 4.69) is 10.6 Å². The van der Waals surface area contributed by atoms with Gasteiger partial charge in [0.15, 0.2) is 0 Å². The molecule has 0 aromatic rings. The van der Waals surface area contributed by atoms with Crippen molar-refractivity contribution in [2.24, 2.45) is 0 Å². The molecule has 0 bridgehead atoms. The maximum atomic E-state index is 11.2. The van der Waals surface area contributed by atoms with Crippen LogP contribution in [0.2, 0.25) is 0 Å². The molecule has 0 saturated heterocycles. The molecular formula is C9H18N2O4. The highest BCUT2D eigenvalue weighted by Gasteiger charge is 2.22. The summed E-state index contributed by atoms with van der Waals surface area (Å²) in [6, 6.07) is -0.982. The number of nitrogens with one attached hydrogen (secondary N) is 2. The maximum absolute atomic E-state index is 11.2. The minimum absolute atomic E-state index is 0.469. The van der Waals surface area contributed by atoms with Crippen molar-refractivity contribution in [1.29, 1.82) is 0 Å². The molecule has 0 aliphatic heterocycles. The number of hydrogen-bond acceptors (Lipinski definition) is 4. The number of carbonyl (C=O) groups is 2. The zero-order valence-electron chi connectivity index (χ0n) is 9.46. The Morgan fingerprint density at radius 2 is 1.93 bits per heavy atom. The van der Waals surface area contributed by atoms with Crippen LogP contribution in [0.15, 0.2) is 0 Å². The smallest absolute Gasteiger partial charge is 0.408 e. The summed E-state index contributed by atoms with van der Waals surface area (Å²) < 4.78 is 4.92. The van der Waals surface area contributed by atoms with Crippen molar-refractivity contribution < 1.29 is 19.4 Å². The van der Waals surface area contributed by atoms with Gasteiger partial charge in [0.1, 0.15) is 11.6 Å². The van der Waals surface area contributed by atoms with E-state index in [0.717, 1.165) is 0 Å². The fourth-order valence-corrected chi connectivity index (χ4v) is 0.818. The van der Waals surface area contributed by atoms with E-state index in [-0.39, 0.29) is 0 Å². The van der Waals surface area contributed by atoms with Crippen LogP contribution in [0, 0.1) is 0 Å². The highest BCUT2D eigenvalue weighted by atomic mass is 16.6. The second kappa shape index (κ2) is 5.55. The van der Waals surface area contributed by atoms with E-state index in [9.17, 15) is 9.59 Å². The van der Waals surface area contributed by atoms with Crippen LogP contribution < -0.4 is 10.6 Å². The van der Waals surface area contributed by atoms with Gasteiger partial charge in [0.05, 0.1) is 6.61 Å². The Morgan fingerprint density at radius 1 is 1.40 bits per heavy atom. The van der Waals surface area contributed by atoms with Crippen LogP contribution >= 0.6 is 0 Å². The van der Waals surface area contributed by atoms with Gasteiger partial charge < -0.3 is 20.5 Å². The third-order valence-electron chi connectivity index (χ3n) is 1.44. The van der Waals surface area contributed by atoms with Crippen molar-refractivity contribution >= 4 is 12.0 Å². The van der Waals surface area contributed by atoms with E-state index >= 15 is 0 Å². The van der Waals surface area contributed by atoms with Gasteiger partial charge in [0.25, 0.3) is 0 Å². The summed E-state index contributed by atoms with van der Waals surface area (Å²) >= 11 is 0. The van der Waals surface area contributed by atoms with Crippen LogP contribution in [-0.4, -0.2) is 42.4 Å². The van der Waals surface area contributed by atoms with Crippen LogP contribution in [-0.2, 0) is 9.53 Å². The average Bonchev–Trinajstić information content (AvgIpc) is 2.10.